The smallest absolute Gasteiger partial charge is 0.264 e. The van der Waals surface area contributed by atoms with Crippen LogP contribution in [0.25, 0.3) is 0 Å². The Morgan fingerprint density at radius 1 is 0.653 bits per heavy atom. The van der Waals surface area contributed by atoms with Crippen LogP contribution in [0.5, 0.6) is 23.3 Å². The van der Waals surface area contributed by atoms with Gasteiger partial charge in [-0.1, -0.05) is 42.5 Å². The molecule has 0 fully saturated rings. The third kappa shape index (κ3) is 14.3. The average Bonchev–Trinajstić information content (AvgIpc) is 3.79. The number of halogens is 1. The van der Waals surface area contributed by atoms with Crippen molar-refractivity contribution in [2.24, 2.45) is 0 Å². The number of carbonyl (C=O) groups excluding carboxylic acids is 6. The van der Waals surface area contributed by atoms with E-state index in [1.54, 1.807) is 13.8 Å². The maximum absolute atomic E-state index is 13.7. The number of ether oxygens (including phenoxy) is 5. The van der Waals surface area contributed by atoms with Gasteiger partial charge in [-0.25, -0.2) is 26.8 Å². The summed E-state index contributed by atoms with van der Waals surface area (Å²) in [7, 11) is -5.52. The van der Waals surface area contributed by atoms with E-state index >= 15 is 0 Å². The molecule has 22 nitrogen and oxygen atoms in total. The van der Waals surface area contributed by atoms with Crippen molar-refractivity contribution in [3.05, 3.63) is 130 Å². The number of fused-ring (bicyclic) bond motifs is 2. The van der Waals surface area contributed by atoms with Crippen LogP contribution < -0.4 is 29.6 Å². The van der Waals surface area contributed by atoms with Gasteiger partial charge in [-0.3, -0.25) is 43.0 Å². The van der Waals surface area contributed by atoms with Crippen LogP contribution in [-0.4, -0.2) is 149 Å². The number of carbonyl (C=O) groups is 6. The zero-order valence-corrected chi connectivity index (χ0v) is 43.2. The number of alkyl halides is 1. The van der Waals surface area contributed by atoms with Crippen molar-refractivity contribution in [3.8, 4) is 23.3 Å². The zero-order valence-electron chi connectivity index (χ0n) is 42.5. The highest BCUT2D eigenvalue weighted by Gasteiger charge is 2.45. The second kappa shape index (κ2) is 25.9. The SMILES string of the molecule is CCOc1nc(C(CS(C)(=O)=O)N2C(=O)c3cccc(NC(=O)CO)c3C2=O)ccc1OC.CCOc1nc(C(CS(C)(=O)=O)N2C(=O)c3cccc(NC(=O)COCc4ccccc4)c3C2=O)ccc1OC.[2H]CF. The van der Waals surface area contributed by atoms with Crippen LogP contribution in [0, 0.1) is 0 Å². The molecular weight excluding hydrogens is 1020 g/mol. The Labute approximate surface area is 433 Å². The molecule has 2 unspecified atom stereocenters. The number of anilines is 2. The van der Waals surface area contributed by atoms with Crippen molar-refractivity contribution in [1.82, 2.24) is 19.8 Å². The zero-order chi connectivity index (χ0) is 55.9. The van der Waals surface area contributed by atoms with Crippen LogP contribution in [0.4, 0.5) is 15.8 Å². The molecule has 0 spiro atoms. The Morgan fingerprint density at radius 2 is 1.08 bits per heavy atom. The van der Waals surface area contributed by atoms with Crippen LogP contribution in [0.1, 0.15) is 85.7 Å². The van der Waals surface area contributed by atoms with Gasteiger partial charge in [0.2, 0.25) is 11.8 Å². The van der Waals surface area contributed by atoms with Gasteiger partial charge >= 0.3 is 0 Å². The highest BCUT2D eigenvalue weighted by Crippen LogP contribution is 2.39. The summed E-state index contributed by atoms with van der Waals surface area (Å²) >= 11 is 0. The molecule has 0 bridgehead atoms. The fourth-order valence-corrected chi connectivity index (χ4v) is 9.58. The van der Waals surface area contributed by atoms with Crippen molar-refractivity contribution < 1.29 is 80.2 Å². The molecule has 4 heterocycles. The first-order valence-electron chi connectivity index (χ1n) is 23.3. The van der Waals surface area contributed by atoms with Crippen LogP contribution in [0.3, 0.4) is 0 Å². The number of nitrogens with zero attached hydrogens (tertiary/aromatic N) is 4. The molecular formula is C50H55FN6O16S2. The summed E-state index contributed by atoms with van der Waals surface area (Å²) in [5.41, 5.74) is 1.17. The number of rotatable bonds is 21. The Kier molecular flexibility index (Phi) is 19.5. The third-order valence-corrected chi connectivity index (χ3v) is 12.7. The van der Waals surface area contributed by atoms with Crippen LogP contribution in [-0.2, 0) is 40.6 Å². The number of aliphatic hydroxyl groups is 1. The van der Waals surface area contributed by atoms with Gasteiger partial charge in [-0.15, -0.1) is 0 Å². The average molecular weight is 1080 g/mol. The van der Waals surface area contributed by atoms with Crippen LogP contribution in [0.2, 0.25) is 0 Å². The summed E-state index contributed by atoms with van der Waals surface area (Å²) in [6.45, 7) is 3.11. The molecule has 0 saturated carbocycles. The maximum Gasteiger partial charge on any atom is 0.264 e. The summed E-state index contributed by atoms with van der Waals surface area (Å²) in [6.07, 6.45) is 1.99. The monoisotopic (exact) mass is 1080 g/mol. The Balaban J connectivity index is 0.000000271. The first kappa shape index (κ1) is 56.4. The summed E-state index contributed by atoms with van der Waals surface area (Å²) in [6, 6.07) is 21.5. The minimum absolute atomic E-state index is 0.00668. The number of imide groups is 2. The number of methoxy groups -OCH3 is 2. The largest absolute Gasteiger partial charge is 0.491 e. The van der Waals surface area contributed by atoms with Crippen molar-refractivity contribution in [2.45, 2.75) is 32.5 Å². The van der Waals surface area contributed by atoms with Gasteiger partial charge in [0.05, 0.1) is 111 Å². The molecule has 0 aliphatic carbocycles. The fraction of sp³-hybridized carbons (Fsp3) is 0.320. The summed E-state index contributed by atoms with van der Waals surface area (Å²) in [4.78, 5) is 88.4. The quantitative estimate of drug-likeness (QED) is 0.0857. The first-order chi connectivity index (χ1) is 36.1. The number of hydrogen-bond acceptors (Lipinski definition) is 18. The third-order valence-electron chi connectivity index (χ3n) is 10.9. The van der Waals surface area contributed by atoms with Crippen LogP contribution >= 0.6 is 0 Å². The van der Waals surface area contributed by atoms with E-state index in [4.69, 9.17) is 30.2 Å². The highest BCUT2D eigenvalue weighted by atomic mass is 32.2. The molecule has 0 saturated heterocycles. The maximum atomic E-state index is 13.7. The molecule has 25 heteroatoms. The van der Waals surface area contributed by atoms with Gasteiger partial charge in [-0.2, -0.15) is 0 Å². The summed E-state index contributed by atoms with van der Waals surface area (Å²) < 4.78 is 91.7. The second-order valence-corrected chi connectivity index (χ2v) is 20.6. The van der Waals surface area contributed by atoms with Crippen molar-refractivity contribution in [1.29, 1.82) is 0 Å². The number of aliphatic hydroxyl groups excluding tert-OH is 1. The number of aromatic nitrogens is 2. The fourth-order valence-electron chi connectivity index (χ4n) is 7.80. The summed E-state index contributed by atoms with van der Waals surface area (Å²) in [5.74, 6) is -4.65. The standard InChI is InChI=1S/C28H29N3O8S.C21H23N3O8S.CH3F/c1-4-39-26-23(37-2)14-13-20(30-26)22(17-40(3,35)36)31-27(33)19-11-8-12-21(25(19)28(31)34)29-24(32)16-38-15-18-9-6-5-7-10-18;1-4-32-19-16(31-2)9-8-13(23-19)15(11-33(3,29)30)24-20(27)12-6-5-7-14(18(12)21(24)28)22-17(26)10-25;1-2/h5-14,22H,4,15-17H2,1-3H3,(H,29,32);5-9,15,25H,4,10-11H2,1-3H3,(H,22,26);1H3/i;;1D. The molecule has 75 heavy (non-hydrogen) atoms. The van der Waals surface area contributed by atoms with Gasteiger partial charge < -0.3 is 39.4 Å². The number of sulfone groups is 2. The molecule has 7 rings (SSSR count). The molecule has 6 amide bonds. The van der Waals surface area contributed by atoms with Gasteiger partial charge in [0.15, 0.2) is 11.5 Å². The van der Waals surface area contributed by atoms with E-state index < -0.39 is 92.5 Å². The molecule has 3 N–H and O–H groups in total. The summed E-state index contributed by atoms with van der Waals surface area (Å²) in [5, 5.41) is 14.0. The van der Waals surface area contributed by atoms with E-state index in [1.807, 2.05) is 30.3 Å². The van der Waals surface area contributed by atoms with Gasteiger partial charge in [-0.05, 0) is 67.9 Å². The van der Waals surface area contributed by atoms with Crippen molar-refractivity contribution >= 4 is 66.5 Å². The van der Waals surface area contributed by atoms with E-state index in [1.165, 1.54) is 74.9 Å². The number of hydrogen-bond donors (Lipinski definition) is 3. The Bertz CT molecular complexity index is 3190. The lowest BCUT2D eigenvalue weighted by Gasteiger charge is -2.26. The molecule has 2 aliphatic rings. The van der Waals surface area contributed by atoms with E-state index in [9.17, 15) is 50.0 Å². The van der Waals surface area contributed by atoms with Gasteiger partial charge in [0.25, 0.3) is 35.4 Å². The number of pyridine rings is 2. The minimum Gasteiger partial charge on any atom is -0.491 e. The lowest BCUT2D eigenvalue weighted by molar-refractivity contribution is -0.121. The Morgan fingerprint density at radius 3 is 1.47 bits per heavy atom. The molecule has 400 valence electrons. The van der Waals surface area contributed by atoms with E-state index in [0.717, 1.165) is 27.9 Å². The molecule has 3 aromatic carbocycles. The predicted molar refractivity (Wildman–Crippen MR) is 270 cm³/mol. The molecule has 2 aromatic heterocycles. The van der Waals surface area contributed by atoms with E-state index in [-0.39, 0.29) is 83.2 Å². The van der Waals surface area contributed by atoms with Crippen molar-refractivity contribution in [2.75, 3.05) is 82.5 Å². The topological polar surface area (TPSA) is 293 Å². The lowest BCUT2D eigenvalue weighted by atomic mass is 10.1. The number of benzene rings is 3. The number of nitrogens with one attached hydrogen (secondary N) is 2. The lowest BCUT2D eigenvalue weighted by Crippen LogP contribution is -2.38. The number of amides is 6. The van der Waals surface area contributed by atoms with Gasteiger partial charge in [0.1, 0.15) is 32.9 Å². The molecule has 2 atom stereocenters. The second-order valence-electron chi connectivity index (χ2n) is 16.2. The minimum atomic E-state index is -3.69. The van der Waals surface area contributed by atoms with E-state index in [2.05, 4.69) is 20.6 Å². The molecule has 0 radical (unpaired) electrons. The van der Waals surface area contributed by atoms with Crippen LogP contribution in [0.15, 0.2) is 91.0 Å². The van der Waals surface area contributed by atoms with E-state index in [0.29, 0.717) is 11.5 Å². The van der Waals surface area contributed by atoms with Gasteiger partial charge in [0, 0.05) is 12.5 Å². The highest BCUT2D eigenvalue weighted by molar-refractivity contribution is 7.90. The van der Waals surface area contributed by atoms with Crippen molar-refractivity contribution in [3.63, 3.8) is 0 Å². The predicted octanol–water partition coefficient (Wildman–Crippen LogP) is 4.41. The molecule has 2 aliphatic heterocycles. The first-order valence-corrected chi connectivity index (χ1v) is 26.7. The molecule has 5 aromatic rings. The normalized spacial score (nSPS) is 13.7. The Hall–Kier alpha value is -7.87.